The van der Waals surface area contributed by atoms with Crippen molar-refractivity contribution in [2.45, 2.75) is 12.8 Å². The maximum atomic E-state index is 2.35. The normalized spacial score (nSPS) is 13.4. The van der Waals surface area contributed by atoms with E-state index in [0.717, 1.165) is 12.8 Å². The molecule has 5 aromatic rings. The maximum Gasteiger partial charge on any atom is -0.000682 e. The average Bonchev–Trinajstić information content (AvgIpc) is 3.33. The van der Waals surface area contributed by atoms with Gasteiger partial charge in [-0.05, 0) is 78.9 Å². The van der Waals surface area contributed by atoms with Crippen molar-refractivity contribution in [3.8, 4) is 22.3 Å². The van der Waals surface area contributed by atoms with Gasteiger partial charge in [0.1, 0.15) is 0 Å². The SMILES string of the molecule is c1ccc2c(c1)Cc1c-2c2c(c3ccccc13)Cc1ccc3ccccc3c1-2. The van der Waals surface area contributed by atoms with Crippen molar-refractivity contribution in [1.29, 1.82) is 0 Å². The lowest BCUT2D eigenvalue weighted by Crippen LogP contribution is -1.92. The van der Waals surface area contributed by atoms with Gasteiger partial charge in [-0.3, -0.25) is 0 Å². The van der Waals surface area contributed by atoms with Crippen LogP contribution in [0.2, 0.25) is 0 Å². The Morgan fingerprint density at radius 2 is 1.07 bits per heavy atom. The highest BCUT2D eigenvalue weighted by Crippen LogP contribution is 2.54. The predicted octanol–water partition coefficient (Wildman–Crippen LogP) is 7.14. The fraction of sp³-hybridized carbons (Fsp3) is 0.0714. The van der Waals surface area contributed by atoms with Gasteiger partial charge in [-0.15, -0.1) is 0 Å². The van der Waals surface area contributed by atoms with Gasteiger partial charge >= 0.3 is 0 Å². The van der Waals surface area contributed by atoms with Crippen LogP contribution in [0.15, 0.2) is 84.9 Å². The summed E-state index contributed by atoms with van der Waals surface area (Å²) in [6, 6.07) is 31.5. The number of benzene rings is 5. The summed E-state index contributed by atoms with van der Waals surface area (Å²) in [5.41, 5.74) is 11.8. The molecule has 0 spiro atoms. The van der Waals surface area contributed by atoms with E-state index in [1.165, 1.54) is 66.1 Å². The summed E-state index contributed by atoms with van der Waals surface area (Å²) >= 11 is 0. The Kier molecular flexibility index (Phi) is 2.67. The zero-order valence-corrected chi connectivity index (χ0v) is 15.5. The summed E-state index contributed by atoms with van der Waals surface area (Å²) in [4.78, 5) is 0. The van der Waals surface area contributed by atoms with Crippen LogP contribution in [0.5, 0.6) is 0 Å². The summed E-state index contributed by atoms with van der Waals surface area (Å²) in [7, 11) is 0. The van der Waals surface area contributed by atoms with E-state index in [2.05, 4.69) is 84.9 Å². The van der Waals surface area contributed by atoms with Crippen LogP contribution in [0.25, 0.3) is 43.8 Å². The van der Waals surface area contributed by atoms with Crippen molar-refractivity contribution >= 4 is 21.5 Å². The van der Waals surface area contributed by atoms with Gasteiger partial charge < -0.3 is 0 Å². The van der Waals surface area contributed by atoms with Crippen LogP contribution >= 0.6 is 0 Å². The summed E-state index contributed by atoms with van der Waals surface area (Å²) in [6.45, 7) is 0. The Hall–Kier alpha value is -3.38. The Morgan fingerprint density at radius 1 is 0.429 bits per heavy atom. The molecule has 0 fully saturated rings. The smallest absolute Gasteiger partial charge is 0.000682 e. The summed E-state index contributed by atoms with van der Waals surface area (Å²) in [5, 5.41) is 5.59. The minimum absolute atomic E-state index is 1.03. The largest absolute Gasteiger partial charge is 0.0619 e. The average molecular weight is 354 g/mol. The molecule has 0 heteroatoms. The van der Waals surface area contributed by atoms with E-state index in [-0.39, 0.29) is 0 Å². The number of hydrogen-bond donors (Lipinski definition) is 0. The molecule has 0 amide bonds. The van der Waals surface area contributed by atoms with Crippen molar-refractivity contribution in [2.75, 3.05) is 0 Å². The topological polar surface area (TPSA) is 0 Å². The summed E-state index contributed by atoms with van der Waals surface area (Å²) in [6.07, 6.45) is 2.07. The molecule has 2 aliphatic carbocycles. The van der Waals surface area contributed by atoms with Crippen molar-refractivity contribution in [1.82, 2.24) is 0 Å². The fourth-order valence-electron chi connectivity index (χ4n) is 5.58. The number of rotatable bonds is 0. The van der Waals surface area contributed by atoms with Crippen LogP contribution in [-0.4, -0.2) is 0 Å². The van der Waals surface area contributed by atoms with Crippen LogP contribution in [0, 0.1) is 0 Å². The first-order chi connectivity index (χ1) is 13.9. The highest BCUT2D eigenvalue weighted by atomic mass is 14.3. The van der Waals surface area contributed by atoms with Crippen LogP contribution in [0.4, 0.5) is 0 Å². The van der Waals surface area contributed by atoms with Gasteiger partial charge in [-0.25, -0.2) is 0 Å². The van der Waals surface area contributed by atoms with E-state index >= 15 is 0 Å². The first kappa shape index (κ1) is 14.6. The van der Waals surface area contributed by atoms with Crippen molar-refractivity contribution < 1.29 is 0 Å². The van der Waals surface area contributed by atoms with Gasteiger partial charge in [0.2, 0.25) is 0 Å². The second-order valence-corrected chi connectivity index (χ2v) is 8.08. The minimum Gasteiger partial charge on any atom is -0.0619 e. The Morgan fingerprint density at radius 3 is 1.93 bits per heavy atom. The molecule has 0 aliphatic heterocycles. The molecule has 130 valence electrons. The first-order valence-corrected chi connectivity index (χ1v) is 10.1. The molecule has 0 heterocycles. The van der Waals surface area contributed by atoms with E-state index in [4.69, 9.17) is 0 Å². The molecule has 28 heavy (non-hydrogen) atoms. The van der Waals surface area contributed by atoms with E-state index in [9.17, 15) is 0 Å². The molecule has 0 unspecified atom stereocenters. The second-order valence-electron chi connectivity index (χ2n) is 8.08. The van der Waals surface area contributed by atoms with E-state index in [1.807, 2.05) is 0 Å². The number of hydrogen-bond acceptors (Lipinski definition) is 0. The molecule has 0 bridgehead atoms. The monoisotopic (exact) mass is 354 g/mol. The van der Waals surface area contributed by atoms with Crippen molar-refractivity contribution in [2.24, 2.45) is 0 Å². The Balaban J connectivity index is 1.73. The molecule has 0 saturated heterocycles. The summed E-state index contributed by atoms with van der Waals surface area (Å²) in [5.74, 6) is 0. The Bertz CT molecular complexity index is 1450. The summed E-state index contributed by atoms with van der Waals surface area (Å²) < 4.78 is 0. The van der Waals surface area contributed by atoms with E-state index in [0.29, 0.717) is 0 Å². The third-order valence-electron chi connectivity index (χ3n) is 6.72. The van der Waals surface area contributed by atoms with Crippen molar-refractivity contribution in [3.05, 3.63) is 107 Å². The van der Waals surface area contributed by atoms with Crippen LogP contribution in [0.3, 0.4) is 0 Å². The molecule has 0 radical (unpaired) electrons. The molecule has 5 aromatic carbocycles. The van der Waals surface area contributed by atoms with E-state index < -0.39 is 0 Å². The Labute approximate surface area is 164 Å². The quantitative estimate of drug-likeness (QED) is 0.272. The molecular formula is C28H18. The van der Waals surface area contributed by atoms with Gasteiger partial charge in [-0.2, -0.15) is 0 Å². The van der Waals surface area contributed by atoms with Crippen LogP contribution in [0.1, 0.15) is 22.3 Å². The maximum absolute atomic E-state index is 2.35. The lowest BCUT2D eigenvalue weighted by molar-refractivity contribution is 1.27. The first-order valence-electron chi connectivity index (χ1n) is 10.1. The highest BCUT2D eigenvalue weighted by Gasteiger charge is 2.32. The molecule has 2 aliphatic rings. The van der Waals surface area contributed by atoms with Gasteiger partial charge in [0, 0.05) is 0 Å². The van der Waals surface area contributed by atoms with Crippen molar-refractivity contribution in [3.63, 3.8) is 0 Å². The molecular weight excluding hydrogens is 336 g/mol. The molecule has 0 atom stereocenters. The van der Waals surface area contributed by atoms with Crippen LogP contribution in [-0.2, 0) is 12.8 Å². The number of fused-ring (bicyclic) bond motifs is 12. The molecule has 0 saturated carbocycles. The third kappa shape index (κ3) is 1.71. The fourth-order valence-corrected chi connectivity index (χ4v) is 5.58. The van der Waals surface area contributed by atoms with Gasteiger partial charge in [0.05, 0.1) is 0 Å². The molecule has 0 N–H and O–H groups in total. The zero-order chi connectivity index (χ0) is 18.2. The molecule has 7 rings (SSSR count). The van der Waals surface area contributed by atoms with Crippen LogP contribution < -0.4 is 0 Å². The lowest BCUT2D eigenvalue weighted by Gasteiger charge is -2.16. The third-order valence-corrected chi connectivity index (χ3v) is 6.72. The second kappa shape index (κ2) is 5.11. The van der Waals surface area contributed by atoms with Gasteiger partial charge in [-0.1, -0.05) is 84.9 Å². The van der Waals surface area contributed by atoms with Gasteiger partial charge in [0.25, 0.3) is 0 Å². The van der Waals surface area contributed by atoms with Gasteiger partial charge in [0.15, 0.2) is 0 Å². The predicted molar refractivity (Wildman–Crippen MR) is 118 cm³/mol. The zero-order valence-electron chi connectivity index (χ0n) is 15.5. The highest BCUT2D eigenvalue weighted by molar-refractivity contribution is 6.13. The minimum atomic E-state index is 1.03. The molecule has 0 nitrogen and oxygen atoms in total. The molecule has 0 aromatic heterocycles. The standard InChI is InChI=1S/C28H18/c1-3-9-20-17(7-1)13-14-19-16-25-23-12-6-5-11-22(23)24-15-18-8-2-4-10-21(18)27(24)28(25)26(19)20/h1-14H,15-16H2. The lowest BCUT2D eigenvalue weighted by atomic mass is 9.87. The van der Waals surface area contributed by atoms with E-state index in [1.54, 1.807) is 0 Å².